The zero-order valence-corrected chi connectivity index (χ0v) is 16.4. The monoisotopic (exact) mass is 460 g/mol. The Balaban J connectivity index is 2.25. The number of nitriles is 1. The fraction of sp³-hybridized carbons (Fsp3) is 0.263. The smallest absolute Gasteiger partial charge is 0.340 e. The van der Waals surface area contributed by atoms with Crippen LogP contribution in [0.5, 0.6) is 23.0 Å². The third-order valence-corrected chi connectivity index (χ3v) is 5.19. The Labute approximate surface area is 176 Å². The van der Waals surface area contributed by atoms with Gasteiger partial charge in [-0.25, -0.2) is 13.2 Å². The first-order chi connectivity index (χ1) is 14.6. The summed E-state index contributed by atoms with van der Waals surface area (Å²) in [5.74, 6) is -4.82. The van der Waals surface area contributed by atoms with Crippen LogP contribution in [0.2, 0.25) is 0 Å². The Kier molecular flexibility index (Phi) is 6.28. The van der Waals surface area contributed by atoms with Gasteiger partial charge in [-0.3, -0.25) is 4.99 Å². The Morgan fingerprint density at radius 2 is 1.94 bits per heavy atom. The summed E-state index contributed by atoms with van der Waals surface area (Å²) in [5, 5.41) is 25.6. The van der Waals surface area contributed by atoms with E-state index in [4.69, 9.17) is 14.7 Å². The van der Waals surface area contributed by atoms with E-state index in [1.807, 2.05) is 0 Å². The van der Waals surface area contributed by atoms with Gasteiger partial charge in [0.25, 0.3) is 6.43 Å². The highest BCUT2D eigenvalue weighted by Crippen LogP contribution is 2.59. The van der Waals surface area contributed by atoms with E-state index in [0.29, 0.717) is 0 Å². The number of aliphatic imine (C=N–C) groups is 1. The average molecular weight is 460 g/mol. The molecule has 0 fully saturated rings. The van der Waals surface area contributed by atoms with Crippen molar-refractivity contribution in [2.75, 3.05) is 20.3 Å². The van der Waals surface area contributed by atoms with Crippen LogP contribution >= 0.6 is 11.8 Å². The van der Waals surface area contributed by atoms with Gasteiger partial charge in [0.1, 0.15) is 17.3 Å². The number of hydrogen-bond acceptors (Lipinski definition) is 7. The number of fused-ring (bicyclic) bond motifs is 1. The van der Waals surface area contributed by atoms with Crippen molar-refractivity contribution in [3.8, 4) is 29.1 Å². The quantitative estimate of drug-likeness (QED) is 0.359. The van der Waals surface area contributed by atoms with Crippen LogP contribution in [0.15, 0.2) is 28.1 Å². The maximum absolute atomic E-state index is 14.5. The lowest BCUT2D eigenvalue weighted by atomic mass is 10.00. The van der Waals surface area contributed by atoms with Crippen LogP contribution in [-0.2, 0) is 4.74 Å². The number of alkyl halides is 4. The molecule has 0 bridgehead atoms. The summed E-state index contributed by atoms with van der Waals surface area (Å²) in [5.41, 5.74) is -3.21. The number of methoxy groups -OCH3 is 1. The minimum Gasteiger partial charge on any atom is -0.503 e. The van der Waals surface area contributed by atoms with Crippen LogP contribution in [0.25, 0.3) is 0 Å². The van der Waals surface area contributed by atoms with E-state index < -0.39 is 62.2 Å². The van der Waals surface area contributed by atoms with E-state index >= 15 is 0 Å². The fourth-order valence-electron chi connectivity index (χ4n) is 2.89. The molecule has 0 atom stereocenters. The van der Waals surface area contributed by atoms with Gasteiger partial charge < -0.3 is 19.7 Å². The number of ether oxygens (including phenoxy) is 2. The zero-order chi connectivity index (χ0) is 22.9. The first kappa shape index (κ1) is 22.6. The maximum atomic E-state index is 14.5. The number of rotatable bonds is 6. The number of aromatic hydroxyl groups is 2. The van der Waals surface area contributed by atoms with Crippen molar-refractivity contribution in [2.24, 2.45) is 4.99 Å². The van der Waals surface area contributed by atoms with Crippen LogP contribution in [0.1, 0.15) is 23.1 Å². The van der Waals surface area contributed by atoms with E-state index in [2.05, 4.69) is 4.99 Å². The van der Waals surface area contributed by atoms with Crippen LogP contribution in [0.4, 0.5) is 22.0 Å². The molecular weight excluding hydrogens is 447 g/mol. The molecule has 0 aliphatic carbocycles. The summed E-state index contributed by atoms with van der Waals surface area (Å²) in [7, 11) is 1.30. The van der Waals surface area contributed by atoms with Gasteiger partial charge >= 0.3 is 5.25 Å². The van der Waals surface area contributed by atoms with E-state index in [0.717, 1.165) is 18.2 Å². The van der Waals surface area contributed by atoms with E-state index in [1.54, 1.807) is 6.07 Å². The third-order valence-electron chi connectivity index (χ3n) is 4.14. The summed E-state index contributed by atoms with van der Waals surface area (Å²) in [4.78, 5) is 2.95. The highest BCUT2D eigenvalue weighted by atomic mass is 32.2. The van der Waals surface area contributed by atoms with Gasteiger partial charge in [0.05, 0.1) is 35.2 Å². The second kappa shape index (κ2) is 8.60. The van der Waals surface area contributed by atoms with Crippen molar-refractivity contribution < 1.29 is 41.6 Å². The number of phenolic OH excluding ortho intramolecular Hbond substituents is 2. The molecular formula is C19H13F5N2O4S. The largest absolute Gasteiger partial charge is 0.503 e. The normalized spacial score (nSPS) is 15.9. The Bertz CT molecular complexity index is 1100. The number of thioether (sulfide) groups is 1. The molecule has 1 aliphatic rings. The molecule has 1 aliphatic heterocycles. The third kappa shape index (κ3) is 4.24. The number of halogens is 5. The van der Waals surface area contributed by atoms with Crippen molar-refractivity contribution in [3.63, 3.8) is 0 Å². The maximum Gasteiger partial charge on any atom is 0.340 e. The SMILES string of the molecule is COCCN=C1c2c(c(O)c(O)c(Oc3cc(F)cc(C#N)c3)c2C(F)F)SC1(F)F. The molecule has 2 aromatic rings. The molecule has 31 heavy (non-hydrogen) atoms. The summed E-state index contributed by atoms with van der Waals surface area (Å²) >= 11 is -0.252. The zero-order valence-electron chi connectivity index (χ0n) is 15.6. The molecule has 0 aromatic heterocycles. The van der Waals surface area contributed by atoms with Crippen molar-refractivity contribution in [1.29, 1.82) is 5.26 Å². The summed E-state index contributed by atoms with van der Waals surface area (Å²) in [6.45, 7) is -0.353. The van der Waals surface area contributed by atoms with Gasteiger partial charge in [-0.2, -0.15) is 14.0 Å². The lowest BCUT2D eigenvalue weighted by Gasteiger charge is -2.18. The van der Waals surface area contributed by atoms with E-state index in [1.165, 1.54) is 7.11 Å². The standard InChI is InChI=1S/C19H13F5N2O4S/c1-29-3-2-26-17-12-11(18(21)22)15(13(27)14(28)16(12)31-19(17,23)24)30-10-5-8(7-25)4-9(20)6-10/h4-6,18,27-28H,2-3H2,1H3. The molecule has 0 saturated heterocycles. The van der Waals surface area contributed by atoms with Crippen molar-refractivity contribution >= 4 is 17.5 Å². The molecule has 3 rings (SSSR count). The van der Waals surface area contributed by atoms with Crippen molar-refractivity contribution in [2.45, 2.75) is 16.6 Å². The second-order valence-electron chi connectivity index (χ2n) is 6.18. The Morgan fingerprint density at radius 3 is 2.55 bits per heavy atom. The average Bonchev–Trinajstić information content (AvgIpc) is 2.96. The summed E-state index contributed by atoms with van der Waals surface area (Å²) in [6.07, 6.45) is -3.44. The topological polar surface area (TPSA) is 95.1 Å². The van der Waals surface area contributed by atoms with Gasteiger partial charge in [0, 0.05) is 18.7 Å². The molecule has 0 saturated carbocycles. The molecule has 0 amide bonds. The molecule has 0 unspecified atom stereocenters. The molecule has 1 heterocycles. The Hall–Kier alpha value is -3.04. The minimum absolute atomic E-state index is 0.0722. The predicted octanol–water partition coefficient (Wildman–Crippen LogP) is 4.97. The number of phenols is 2. The number of hydrogen-bond donors (Lipinski definition) is 2. The van der Waals surface area contributed by atoms with Gasteiger partial charge in [0.2, 0.25) is 5.75 Å². The Morgan fingerprint density at radius 1 is 1.23 bits per heavy atom. The van der Waals surface area contributed by atoms with Crippen LogP contribution in [-0.4, -0.2) is 41.4 Å². The fourth-order valence-corrected chi connectivity index (χ4v) is 3.91. The molecule has 0 spiro atoms. The highest BCUT2D eigenvalue weighted by molar-refractivity contribution is 8.01. The van der Waals surface area contributed by atoms with Crippen molar-refractivity contribution in [1.82, 2.24) is 0 Å². The first-order valence-electron chi connectivity index (χ1n) is 8.50. The number of nitrogens with zero attached hydrogens (tertiary/aromatic N) is 2. The minimum atomic E-state index is -3.78. The van der Waals surface area contributed by atoms with Gasteiger partial charge in [-0.1, -0.05) is 0 Å². The first-order valence-corrected chi connectivity index (χ1v) is 9.31. The van der Waals surface area contributed by atoms with Crippen LogP contribution < -0.4 is 4.74 Å². The number of benzene rings is 2. The molecule has 0 radical (unpaired) electrons. The summed E-state index contributed by atoms with van der Waals surface area (Å²) < 4.78 is 80.6. The molecule has 2 aromatic carbocycles. The van der Waals surface area contributed by atoms with Gasteiger partial charge in [-0.15, -0.1) is 0 Å². The van der Waals surface area contributed by atoms with E-state index in [-0.39, 0.29) is 30.5 Å². The van der Waals surface area contributed by atoms with Gasteiger partial charge in [0.15, 0.2) is 11.5 Å². The van der Waals surface area contributed by atoms with E-state index in [9.17, 15) is 32.2 Å². The van der Waals surface area contributed by atoms with Gasteiger partial charge in [-0.05, 0) is 23.9 Å². The predicted molar refractivity (Wildman–Crippen MR) is 100 cm³/mol. The second-order valence-corrected chi connectivity index (χ2v) is 7.30. The lowest BCUT2D eigenvalue weighted by Crippen LogP contribution is -2.22. The highest BCUT2D eigenvalue weighted by Gasteiger charge is 2.51. The summed E-state index contributed by atoms with van der Waals surface area (Å²) in [6, 6.07) is 4.20. The molecule has 2 N–H and O–H groups in total. The van der Waals surface area contributed by atoms with Crippen LogP contribution in [0, 0.1) is 17.1 Å². The molecule has 6 nitrogen and oxygen atoms in total. The van der Waals surface area contributed by atoms with Crippen LogP contribution in [0.3, 0.4) is 0 Å². The lowest BCUT2D eigenvalue weighted by molar-refractivity contribution is 0.146. The molecule has 164 valence electrons. The molecule has 12 heteroatoms. The van der Waals surface area contributed by atoms with Crippen molar-refractivity contribution in [3.05, 3.63) is 40.7 Å².